The number of hydrogen-bond acceptors (Lipinski definition) is 5. The highest BCUT2D eigenvalue weighted by Crippen LogP contribution is 2.43. The average Bonchev–Trinajstić information content (AvgIpc) is 3.35. The number of likely N-dealkylation sites (N-methyl/N-ethyl adjacent to an activating group) is 1. The van der Waals surface area contributed by atoms with Crippen molar-refractivity contribution >= 4 is 17.9 Å². The number of likely N-dealkylation sites (tertiary alicyclic amines) is 1. The van der Waals surface area contributed by atoms with Crippen molar-refractivity contribution in [2.75, 3.05) is 39.8 Å². The fraction of sp³-hybridized carbons (Fsp3) is 0.516. The predicted octanol–water partition coefficient (Wildman–Crippen LogP) is 3.93. The second-order valence-electron chi connectivity index (χ2n) is 11.4. The van der Waals surface area contributed by atoms with Crippen molar-refractivity contribution in [3.05, 3.63) is 71.8 Å². The van der Waals surface area contributed by atoms with Gasteiger partial charge >= 0.3 is 6.09 Å². The number of rotatable bonds is 12. The zero-order valence-electron chi connectivity index (χ0n) is 23.8. The van der Waals surface area contributed by atoms with E-state index >= 15 is 0 Å². The van der Waals surface area contributed by atoms with E-state index in [9.17, 15) is 14.4 Å². The normalized spacial score (nSPS) is 16.1. The molecule has 1 aliphatic rings. The van der Waals surface area contributed by atoms with Gasteiger partial charge in [0, 0.05) is 20.1 Å². The van der Waals surface area contributed by atoms with Gasteiger partial charge in [-0.05, 0) is 70.2 Å². The van der Waals surface area contributed by atoms with Gasteiger partial charge < -0.3 is 25.6 Å². The first-order chi connectivity index (χ1) is 18.5. The molecule has 1 aliphatic heterocycles. The van der Waals surface area contributed by atoms with Crippen LogP contribution in [0.1, 0.15) is 57.6 Å². The van der Waals surface area contributed by atoms with Gasteiger partial charge in [0.15, 0.2) is 0 Å². The minimum Gasteiger partial charge on any atom is -0.444 e. The third-order valence-corrected chi connectivity index (χ3v) is 7.29. The molecule has 39 heavy (non-hydrogen) atoms. The van der Waals surface area contributed by atoms with Gasteiger partial charge in [0.2, 0.25) is 11.8 Å². The molecule has 0 aromatic heterocycles. The number of nitrogens with one attached hydrogen (secondary N) is 1. The van der Waals surface area contributed by atoms with Crippen molar-refractivity contribution in [3.8, 4) is 0 Å². The minimum absolute atomic E-state index is 0.0332. The summed E-state index contributed by atoms with van der Waals surface area (Å²) in [5, 5.41) is 2.88. The van der Waals surface area contributed by atoms with E-state index in [2.05, 4.69) is 10.2 Å². The van der Waals surface area contributed by atoms with Crippen molar-refractivity contribution in [2.24, 2.45) is 11.7 Å². The summed E-state index contributed by atoms with van der Waals surface area (Å²) in [6, 6.07) is 19.9. The molecule has 0 radical (unpaired) electrons. The van der Waals surface area contributed by atoms with Crippen LogP contribution >= 0.6 is 0 Å². The van der Waals surface area contributed by atoms with E-state index in [0.717, 1.165) is 56.4 Å². The van der Waals surface area contributed by atoms with E-state index in [4.69, 9.17) is 10.5 Å². The number of ether oxygens (including phenoxy) is 1. The first-order valence-electron chi connectivity index (χ1n) is 13.9. The number of benzene rings is 2. The topological polar surface area (TPSA) is 105 Å². The van der Waals surface area contributed by atoms with Crippen LogP contribution in [0.4, 0.5) is 4.79 Å². The zero-order chi connectivity index (χ0) is 28.5. The van der Waals surface area contributed by atoms with Gasteiger partial charge in [0.25, 0.3) is 0 Å². The summed E-state index contributed by atoms with van der Waals surface area (Å²) in [7, 11) is 1.56. The lowest BCUT2D eigenvalue weighted by atomic mass is 9.64. The largest absolute Gasteiger partial charge is 0.444 e. The second-order valence-corrected chi connectivity index (χ2v) is 11.4. The van der Waals surface area contributed by atoms with Gasteiger partial charge in [-0.3, -0.25) is 9.59 Å². The van der Waals surface area contributed by atoms with Crippen LogP contribution in [0.25, 0.3) is 0 Å². The average molecular weight is 537 g/mol. The standard InChI is InChI=1S/C31H44N4O4/c1-30(2,3)39-29(38)34(4)23-27(36)33-19-12-7-13-20-35-21-18-26(22-35)31(28(32)37,24-14-8-5-9-15-24)25-16-10-6-11-17-25/h5-6,8-11,14-17,26H,7,12-13,18-23H2,1-4H3,(H2,32,37)(H,33,36)/t26-/m1/s1. The molecule has 8 heteroatoms. The van der Waals surface area contributed by atoms with Crippen molar-refractivity contribution in [1.29, 1.82) is 0 Å². The molecule has 1 atom stereocenters. The van der Waals surface area contributed by atoms with Crippen LogP contribution in [0, 0.1) is 5.92 Å². The minimum atomic E-state index is -0.867. The van der Waals surface area contributed by atoms with Crippen LogP contribution in [-0.4, -0.2) is 73.1 Å². The van der Waals surface area contributed by atoms with Crippen LogP contribution in [0.15, 0.2) is 60.7 Å². The zero-order valence-corrected chi connectivity index (χ0v) is 23.8. The molecule has 2 aromatic carbocycles. The molecule has 3 amide bonds. The van der Waals surface area contributed by atoms with Crippen LogP contribution in [0.5, 0.6) is 0 Å². The Morgan fingerprint density at radius 3 is 2.10 bits per heavy atom. The van der Waals surface area contributed by atoms with E-state index in [1.165, 1.54) is 4.90 Å². The molecule has 2 aromatic rings. The van der Waals surface area contributed by atoms with Gasteiger partial charge in [-0.25, -0.2) is 4.79 Å². The fourth-order valence-corrected chi connectivity index (χ4v) is 5.46. The summed E-state index contributed by atoms with van der Waals surface area (Å²) >= 11 is 0. The van der Waals surface area contributed by atoms with Crippen LogP contribution in [0.2, 0.25) is 0 Å². The van der Waals surface area contributed by atoms with E-state index in [-0.39, 0.29) is 24.3 Å². The maximum atomic E-state index is 13.2. The predicted molar refractivity (Wildman–Crippen MR) is 153 cm³/mol. The van der Waals surface area contributed by atoms with E-state index in [0.29, 0.717) is 6.54 Å². The lowest BCUT2D eigenvalue weighted by Crippen LogP contribution is -2.49. The van der Waals surface area contributed by atoms with Crippen molar-refractivity contribution in [1.82, 2.24) is 15.1 Å². The Morgan fingerprint density at radius 2 is 1.56 bits per heavy atom. The molecule has 0 saturated carbocycles. The summed E-state index contributed by atoms with van der Waals surface area (Å²) in [6.07, 6.45) is 3.22. The van der Waals surface area contributed by atoms with Crippen LogP contribution in [0.3, 0.4) is 0 Å². The Balaban J connectivity index is 1.47. The number of primary amides is 1. The maximum Gasteiger partial charge on any atom is 0.410 e. The van der Waals surface area contributed by atoms with Crippen molar-refractivity contribution < 1.29 is 19.1 Å². The number of carbonyl (C=O) groups is 3. The van der Waals surface area contributed by atoms with Crippen LogP contribution < -0.4 is 11.1 Å². The number of amides is 3. The lowest BCUT2D eigenvalue weighted by molar-refractivity contribution is -0.124. The Labute approximate surface area is 232 Å². The number of unbranched alkanes of at least 4 members (excludes halogenated alkanes) is 2. The third-order valence-electron chi connectivity index (χ3n) is 7.29. The Morgan fingerprint density at radius 1 is 0.974 bits per heavy atom. The summed E-state index contributed by atoms with van der Waals surface area (Å²) in [6.45, 7) is 8.58. The number of hydrogen-bond donors (Lipinski definition) is 2. The Bertz CT molecular complexity index is 1050. The molecular weight excluding hydrogens is 492 g/mol. The molecule has 1 fully saturated rings. The van der Waals surface area contributed by atoms with Gasteiger partial charge in [-0.15, -0.1) is 0 Å². The smallest absolute Gasteiger partial charge is 0.410 e. The number of nitrogens with zero attached hydrogens (tertiary/aromatic N) is 2. The van der Waals surface area contributed by atoms with Gasteiger partial charge in [-0.1, -0.05) is 67.1 Å². The van der Waals surface area contributed by atoms with E-state index in [1.54, 1.807) is 27.8 Å². The summed E-state index contributed by atoms with van der Waals surface area (Å²) in [5.41, 5.74) is 6.63. The second kappa shape index (κ2) is 13.6. The molecule has 1 heterocycles. The highest BCUT2D eigenvalue weighted by Gasteiger charge is 2.49. The van der Waals surface area contributed by atoms with Gasteiger partial charge in [0.1, 0.15) is 17.6 Å². The SMILES string of the molecule is CN(CC(=O)NCCCCCN1CC[C@@H](C(C(N)=O)(c2ccccc2)c2ccccc2)C1)C(=O)OC(C)(C)C. The molecule has 212 valence electrons. The molecule has 8 nitrogen and oxygen atoms in total. The number of nitrogens with two attached hydrogens (primary N) is 1. The van der Waals surface area contributed by atoms with Crippen LogP contribution in [-0.2, 0) is 19.7 Å². The van der Waals surface area contributed by atoms with Crippen molar-refractivity contribution in [3.63, 3.8) is 0 Å². The molecular formula is C31H44N4O4. The molecule has 1 saturated heterocycles. The molecule has 0 aliphatic carbocycles. The first kappa shape index (κ1) is 30.2. The van der Waals surface area contributed by atoms with Gasteiger partial charge in [0.05, 0.1) is 0 Å². The fourth-order valence-electron chi connectivity index (χ4n) is 5.46. The summed E-state index contributed by atoms with van der Waals surface area (Å²) < 4.78 is 5.28. The maximum absolute atomic E-state index is 13.2. The third kappa shape index (κ3) is 8.05. The number of carbonyl (C=O) groups excluding carboxylic acids is 3. The highest BCUT2D eigenvalue weighted by molar-refractivity contribution is 5.91. The molecule has 0 unspecified atom stereocenters. The first-order valence-corrected chi connectivity index (χ1v) is 13.9. The molecule has 0 spiro atoms. The summed E-state index contributed by atoms with van der Waals surface area (Å²) in [5.74, 6) is -0.420. The van der Waals surface area contributed by atoms with E-state index < -0.39 is 17.1 Å². The molecule has 3 rings (SSSR count). The quantitative estimate of drug-likeness (QED) is 0.400. The Kier molecular flexibility index (Phi) is 10.5. The Hall–Kier alpha value is -3.39. The molecule has 3 N–H and O–H groups in total. The van der Waals surface area contributed by atoms with Gasteiger partial charge in [-0.2, -0.15) is 0 Å². The van der Waals surface area contributed by atoms with Crippen molar-refractivity contribution in [2.45, 2.75) is 57.5 Å². The van der Waals surface area contributed by atoms with E-state index in [1.807, 2.05) is 60.7 Å². The monoisotopic (exact) mass is 536 g/mol. The molecule has 0 bridgehead atoms. The highest BCUT2D eigenvalue weighted by atomic mass is 16.6. The lowest BCUT2D eigenvalue weighted by Gasteiger charge is -2.37. The summed E-state index contributed by atoms with van der Waals surface area (Å²) in [4.78, 5) is 41.1.